The molecule has 0 spiro atoms. The first-order valence-corrected chi connectivity index (χ1v) is 17.2. The van der Waals surface area contributed by atoms with E-state index in [0.717, 1.165) is 16.9 Å². The van der Waals surface area contributed by atoms with Crippen LogP contribution in [0.2, 0.25) is 18.1 Å². The van der Waals surface area contributed by atoms with Crippen LogP contribution in [0.4, 0.5) is 4.79 Å². The highest BCUT2D eigenvalue weighted by molar-refractivity contribution is 6.74. The van der Waals surface area contributed by atoms with Crippen LogP contribution in [0, 0.1) is 11.8 Å². The first kappa shape index (κ1) is 33.4. The van der Waals surface area contributed by atoms with Crippen LogP contribution in [-0.2, 0) is 20.5 Å². The number of hydrogen-bond acceptors (Lipinski definition) is 7. The number of methoxy groups -OCH3 is 2. The zero-order valence-corrected chi connectivity index (χ0v) is 27.1. The Hall–Kier alpha value is -4.13. The molecule has 0 bridgehead atoms. The molecule has 9 heteroatoms. The van der Waals surface area contributed by atoms with Gasteiger partial charge in [0.1, 0.15) is 18.1 Å². The number of esters is 1. The lowest BCUT2D eigenvalue weighted by Crippen LogP contribution is -2.48. The van der Waals surface area contributed by atoms with Crippen LogP contribution in [0.1, 0.15) is 66.9 Å². The lowest BCUT2D eigenvalue weighted by molar-refractivity contribution is 0.0594. The van der Waals surface area contributed by atoms with Gasteiger partial charge in [-0.05, 0) is 59.9 Å². The minimum atomic E-state index is -2.25. The number of alkyl carbamates (subject to hydrolysis) is 1. The van der Waals surface area contributed by atoms with Crippen LogP contribution >= 0.6 is 0 Å². The van der Waals surface area contributed by atoms with Crippen molar-refractivity contribution in [3.8, 4) is 17.6 Å². The van der Waals surface area contributed by atoms with Crippen LogP contribution in [0.25, 0.3) is 0 Å². The summed E-state index contributed by atoms with van der Waals surface area (Å²) >= 11 is 0. The Kier molecular flexibility index (Phi) is 11.9. The molecular weight excluding hydrogens is 560 g/mol. The number of hydrogen-bond donors (Lipinski definition) is 1. The molecule has 0 aliphatic heterocycles. The van der Waals surface area contributed by atoms with Gasteiger partial charge in [0.25, 0.3) is 0 Å². The molecule has 0 aliphatic rings. The Morgan fingerprint density at radius 2 is 1.67 bits per heavy atom. The number of ether oxygens (including phenoxy) is 3. The summed E-state index contributed by atoms with van der Waals surface area (Å²) in [5.74, 6) is 6.51. The molecule has 3 aromatic rings. The van der Waals surface area contributed by atoms with E-state index < -0.39 is 32.5 Å². The monoisotopic (exact) mass is 602 g/mol. The molecule has 1 aromatic heterocycles. The Balaban J connectivity index is 1.82. The van der Waals surface area contributed by atoms with Crippen molar-refractivity contribution in [2.45, 2.75) is 70.5 Å². The van der Waals surface area contributed by atoms with E-state index in [-0.39, 0.29) is 17.3 Å². The normalized spacial score (nSPS) is 12.7. The van der Waals surface area contributed by atoms with E-state index in [1.54, 1.807) is 25.4 Å². The molecule has 0 unspecified atom stereocenters. The van der Waals surface area contributed by atoms with Crippen molar-refractivity contribution in [1.82, 2.24) is 10.3 Å². The molecule has 0 saturated heterocycles. The van der Waals surface area contributed by atoms with E-state index in [1.165, 1.54) is 7.11 Å². The maximum Gasteiger partial charge on any atom is 0.407 e. The van der Waals surface area contributed by atoms with Crippen molar-refractivity contribution in [2.75, 3.05) is 14.2 Å². The first-order valence-electron chi connectivity index (χ1n) is 14.3. The van der Waals surface area contributed by atoms with Gasteiger partial charge in [-0.2, -0.15) is 0 Å². The van der Waals surface area contributed by atoms with Gasteiger partial charge in [0, 0.05) is 18.2 Å². The fourth-order valence-corrected chi connectivity index (χ4v) is 5.26. The zero-order valence-electron chi connectivity index (χ0n) is 26.1. The fraction of sp³-hybridized carbons (Fsp3) is 0.382. The number of aromatic nitrogens is 1. The van der Waals surface area contributed by atoms with Gasteiger partial charge in [-0.15, -0.1) is 0 Å². The molecule has 0 aliphatic carbocycles. The van der Waals surface area contributed by atoms with Crippen molar-refractivity contribution in [3.63, 3.8) is 0 Å². The lowest BCUT2D eigenvalue weighted by Gasteiger charge is -2.41. The fourth-order valence-electron chi connectivity index (χ4n) is 3.97. The zero-order chi connectivity index (χ0) is 31.5. The predicted molar refractivity (Wildman–Crippen MR) is 169 cm³/mol. The highest BCUT2D eigenvalue weighted by Gasteiger charge is 2.41. The van der Waals surface area contributed by atoms with Crippen molar-refractivity contribution < 1.29 is 28.2 Å². The number of pyridine rings is 1. The van der Waals surface area contributed by atoms with Gasteiger partial charge in [-0.1, -0.05) is 75.1 Å². The predicted octanol–water partition coefficient (Wildman–Crippen LogP) is 7.07. The second-order valence-electron chi connectivity index (χ2n) is 11.6. The second kappa shape index (κ2) is 15.4. The molecule has 0 radical (unpaired) electrons. The molecular formula is C34H42N2O6Si. The van der Waals surface area contributed by atoms with E-state index >= 15 is 0 Å². The summed E-state index contributed by atoms with van der Waals surface area (Å²) in [6.45, 7) is 11.1. The van der Waals surface area contributed by atoms with Crippen LogP contribution in [0.3, 0.4) is 0 Å². The highest BCUT2D eigenvalue weighted by atomic mass is 28.4. The topological polar surface area (TPSA) is 96.0 Å². The van der Waals surface area contributed by atoms with Crippen molar-refractivity contribution in [3.05, 3.63) is 95.3 Å². The van der Waals surface area contributed by atoms with Gasteiger partial charge >= 0.3 is 12.1 Å². The maximum atomic E-state index is 13.1. The molecule has 1 heterocycles. The Bertz CT molecular complexity index is 1390. The number of rotatable bonds is 11. The summed E-state index contributed by atoms with van der Waals surface area (Å²) in [6, 6.07) is 20.2. The number of benzene rings is 2. The number of nitrogens with one attached hydrogen (secondary N) is 1. The third kappa shape index (κ3) is 9.98. The van der Waals surface area contributed by atoms with Gasteiger partial charge in [0.2, 0.25) is 0 Å². The van der Waals surface area contributed by atoms with E-state index in [2.05, 4.69) is 56.0 Å². The average molecular weight is 603 g/mol. The second-order valence-corrected chi connectivity index (χ2v) is 16.4. The SMILES string of the molecule is COC(=O)c1ccc(C#CCC[C@@H](NC(=O)OCc2ccc(OC)cc2)[C@H](O[Si](C)(C)C(C)(C)C)c2ccccc2)cn1. The van der Waals surface area contributed by atoms with E-state index in [1.807, 2.05) is 54.6 Å². The van der Waals surface area contributed by atoms with E-state index in [9.17, 15) is 9.59 Å². The Labute approximate surface area is 256 Å². The maximum absolute atomic E-state index is 13.1. The van der Waals surface area contributed by atoms with Gasteiger partial charge in [-0.3, -0.25) is 0 Å². The molecule has 2 aromatic carbocycles. The van der Waals surface area contributed by atoms with Crippen molar-refractivity contribution >= 4 is 20.4 Å². The molecule has 43 heavy (non-hydrogen) atoms. The van der Waals surface area contributed by atoms with Gasteiger partial charge in [0.05, 0.1) is 26.4 Å². The van der Waals surface area contributed by atoms with Gasteiger partial charge in [0.15, 0.2) is 8.32 Å². The van der Waals surface area contributed by atoms with Crippen molar-refractivity contribution in [2.24, 2.45) is 0 Å². The minimum Gasteiger partial charge on any atom is -0.497 e. The molecule has 228 valence electrons. The van der Waals surface area contributed by atoms with Gasteiger partial charge in [-0.25, -0.2) is 14.6 Å². The molecule has 0 saturated carbocycles. The summed E-state index contributed by atoms with van der Waals surface area (Å²) in [7, 11) is 0.672. The first-order chi connectivity index (χ1) is 20.4. The summed E-state index contributed by atoms with van der Waals surface area (Å²) in [5, 5.41) is 3.05. The number of carbonyl (C=O) groups is 2. The third-order valence-corrected chi connectivity index (χ3v) is 12.0. The van der Waals surface area contributed by atoms with Gasteiger partial charge < -0.3 is 24.0 Å². The van der Waals surface area contributed by atoms with Crippen LogP contribution < -0.4 is 10.1 Å². The molecule has 1 N–H and O–H groups in total. The molecule has 8 nitrogen and oxygen atoms in total. The summed E-state index contributed by atoms with van der Waals surface area (Å²) in [4.78, 5) is 28.9. The Morgan fingerprint density at radius 3 is 2.26 bits per heavy atom. The summed E-state index contributed by atoms with van der Waals surface area (Å²) < 4.78 is 22.5. The van der Waals surface area contributed by atoms with Crippen molar-refractivity contribution in [1.29, 1.82) is 0 Å². The number of nitrogens with zero attached hydrogens (tertiary/aromatic N) is 1. The summed E-state index contributed by atoms with van der Waals surface area (Å²) in [5.41, 5.74) is 2.72. The smallest absolute Gasteiger partial charge is 0.407 e. The quantitative estimate of drug-likeness (QED) is 0.143. The number of amides is 1. The lowest BCUT2D eigenvalue weighted by atomic mass is 9.98. The van der Waals surface area contributed by atoms with Crippen LogP contribution in [0.15, 0.2) is 72.9 Å². The largest absolute Gasteiger partial charge is 0.497 e. The molecule has 1 amide bonds. The minimum absolute atomic E-state index is 0.0391. The molecule has 3 rings (SSSR count). The highest BCUT2D eigenvalue weighted by Crippen LogP contribution is 2.41. The van der Waals surface area contributed by atoms with Crippen LogP contribution in [-0.4, -0.2) is 45.6 Å². The average Bonchev–Trinajstić information content (AvgIpc) is 3.00. The third-order valence-electron chi connectivity index (χ3n) is 7.52. The summed E-state index contributed by atoms with van der Waals surface area (Å²) in [6.07, 6.45) is 1.60. The van der Waals surface area contributed by atoms with E-state index in [4.69, 9.17) is 18.6 Å². The Morgan fingerprint density at radius 1 is 0.977 bits per heavy atom. The van der Waals surface area contributed by atoms with E-state index in [0.29, 0.717) is 18.4 Å². The number of carbonyl (C=O) groups excluding carboxylic acids is 2. The standard InChI is InChI=1S/C34H42N2O6Si/c1-34(2,3)43(6,7)42-31(27-14-9-8-10-15-27)29(36-33(38)41-24-26-17-20-28(39-4)21-18-26)16-12-11-13-25-19-22-30(35-23-25)32(37)40-5/h8-10,14-15,17-23,29,31H,12,16,24H2,1-7H3,(H,36,38)/t29-,31-/m1/s1. The molecule has 0 fully saturated rings. The van der Waals surface area contributed by atoms with Crippen LogP contribution in [0.5, 0.6) is 5.75 Å². The molecule has 2 atom stereocenters.